The summed E-state index contributed by atoms with van der Waals surface area (Å²) in [6.07, 6.45) is 44.0. The summed E-state index contributed by atoms with van der Waals surface area (Å²) in [4.78, 5) is 0. The monoisotopic (exact) mass is 418 g/mol. The van der Waals surface area contributed by atoms with Gasteiger partial charge in [-0.2, -0.15) is 0 Å². The maximum atomic E-state index is 5.28. The normalized spacial score (nSPS) is 11.1. The number of hydrogen-bond acceptors (Lipinski definition) is 0. The molecule has 0 aromatic carbocycles. The van der Waals surface area contributed by atoms with Crippen LogP contribution in [0.4, 0.5) is 0 Å². The van der Waals surface area contributed by atoms with Gasteiger partial charge in [0.05, 0.1) is 0 Å². The molecule has 0 saturated heterocycles. The lowest BCUT2D eigenvalue weighted by Gasteiger charge is -2.04. The molecular weight excluding hydrogens is 360 g/mol. The molecule has 0 aliphatic heterocycles. The van der Waals surface area contributed by atoms with Crippen molar-refractivity contribution in [2.45, 2.75) is 180 Å². The summed E-state index contributed by atoms with van der Waals surface area (Å²) >= 11 is 0. The molecule has 0 aromatic heterocycles. The molecule has 0 nitrogen and oxygen atoms in total. The predicted octanol–water partition coefficient (Wildman–Crippen LogP) is 11.2. The maximum absolute atomic E-state index is 5.28. The summed E-state index contributed by atoms with van der Waals surface area (Å²) in [5, 5.41) is 0. The Morgan fingerprint density at radius 1 is 0.333 bits per heavy atom. The van der Waals surface area contributed by atoms with Gasteiger partial charge in [-0.15, -0.1) is 12.3 Å². The lowest BCUT2D eigenvalue weighted by molar-refractivity contribution is 0.515. The zero-order valence-electron chi connectivity index (χ0n) is 21.2. The molecule has 0 heteroatoms. The molecule has 0 rings (SSSR count). The summed E-state index contributed by atoms with van der Waals surface area (Å²) in [5.74, 6) is 2.74. The van der Waals surface area contributed by atoms with Crippen molar-refractivity contribution < 1.29 is 0 Å². The van der Waals surface area contributed by atoms with E-state index < -0.39 is 0 Å². The maximum Gasteiger partial charge on any atom is 0.00860 e. The van der Waals surface area contributed by atoms with Gasteiger partial charge >= 0.3 is 0 Å². The molecular formula is C30H58. The van der Waals surface area contributed by atoms with E-state index in [2.05, 4.69) is 12.8 Å². The van der Waals surface area contributed by atoms with Gasteiger partial charge in [0.1, 0.15) is 0 Å². The first kappa shape index (κ1) is 29.6. The topological polar surface area (TPSA) is 0 Å². The van der Waals surface area contributed by atoms with E-state index in [0.717, 1.165) is 6.42 Å². The fraction of sp³-hybridized carbons (Fsp3) is 0.933. The fourth-order valence-corrected chi connectivity index (χ4v) is 4.54. The van der Waals surface area contributed by atoms with Gasteiger partial charge in [0, 0.05) is 6.42 Å². The van der Waals surface area contributed by atoms with Crippen molar-refractivity contribution in [2.24, 2.45) is 0 Å². The molecule has 0 heterocycles. The van der Waals surface area contributed by atoms with Crippen molar-refractivity contribution in [3.63, 3.8) is 0 Å². The highest BCUT2D eigenvalue weighted by Gasteiger charge is 1.96. The average molecular weight is 419 g/mol. The number of unbranched alkanes of at least 4 members (excludes halogenated alkanes) is 26. The van der Waals surface area contributed by atoms with Crippen LogP contribution < -0.4 is 0 Å². The Bertz CT molecular complexity index is 323. The van der Waals surface area contributed by atoms with Gasteiger partial charge in [-0.3, -0.25) is 0 Å². The van der Waals surface area contributed by atoms with Crippen molar-refractivity contribution in [1.29, 1.82) is 0 Å². The van der Waals surface area contributed by atoms with Gasteiger partial charge in [0.25, 0.3) is 0 Å². The van der Waals surface area contributed by atoms with E-state index in [1.54, 1.807) is 0 Å². The molecule has 178 valence electrons. The second kappa shape index (κ2) is 28.6. The lowest BCUT2D eigenvalue weighted by Crippen LogP contribution is -1.84. The van der Waals surface area contributed by atoms with Crippen molar-refractivity contribution in [3.8, 4) is 12.3 Å². The predicted molar refractivity (Wildman–Crippen MR) is 139 cm³/mol. The lowest BCUT2D eigenvalue weighted by atomic mass is 10.0. The molecule has 0 unspecified atom stereocenters. The summed E-state index contributed by atoms with van der Waals surface area (Å²) in [6.45, 7) is 2.30. The highest BCUT2D eigenvalue weighted by Crippen LogP contribution is 2.16. The minimum atomic E-state index is 0.972. The molecule has 0 atom stereocenters. The van der Waals surface area contributed by atoms with Crippen molar-refractivity contribution >= 4 is 0 Å². The van der Waals surface area contributed by atoms with Gasteiger partial charge < -0.3 is 0 Å². The second-order valence-electron chi connectivity index (χ2n) is 9.79. The summed E-state index contributed by atoms with van der Waals surface area (Å²) < 4.78 is 0. The fourth-order valence-electron chi connectivity index (χ4n) is 4.54. The first-order valence-corrected chi connectivity index (χ1v) is 14.3. The van der Waals surface area contributed by atoms with E-state index in [0.29, 0.717) is 0 Å². The van der Waals surface area contributed by atoms with Crippen LogP contribution >= 0.6 is 0 Å². The Morgan fingerprint density at radius 2 is 0.533 bits per heavy atom. The summed E-state index contributed by atoms with van der Waals surface area (Å²) in [6, 6.07) is 0. The molecule has 0 spiro atoms. The third-order valence-corrected chi connectivity index (χ3v) is 6.67. The molecule has 0 amide bonds. The van der Waals surface area contributed by atoms with Crippen LogP contribution in [-0.2, 0) is 0 Å². The third kappa shape index (κ3) is 27.6. The Hall–Kier alpha value is -0.440. The zero-order chi connectivity index (χ0) is 21.8. The number of hydrogen-bond donors (Lipinski definition) is 0. The molecule has 0 bridgehead atoms. The van der Waals surface area contributed by atoms with Crippen LogP contribution in [0.5, 0.6) is 0 Å². The van der Waals surface area contributed by atoms with Crippen molar-refractivity contribution in [1.82, 2.24) is 0 Å². The largest absolute Gasteiger partial charge is 0.120 e. The van der Waals surface area contributed by atoms with E-state index in [4.69, 9.17) is 6.42 Å². The second-order valence-corrected chi connectivity index (χ2v) is 9.79. The van der Waals surface area contributed by atoms with Crippen LogP contribution in [0.15, 0.2) is 0 Å². The molecule has 0 N–H and O–H groups in total. The Balaban J connectivity index is 2.98. The molecule has 0 aliphatic carbocycles. The van der Waals surface area contributed by atoms with Gasteiger partial charge in [-0.05, 0) is 6.42 Å². The van der Waals surface area contributed by atoms with Crippen LogP contribution in [-0.4, -0.2) is 0 Å². The van der Waals surface area contributed by atoms with Crippen LogP contribution in [0.25, 0.3) is 0 Å². The van der Waals surface area contributed by atoms with E-state index in [-0.39, 0.29) is 0 Å². The van der Waals surface area contributed by atoms with Crippen molar-refractivity contribution in [3.05, 3.63) is 0 Å². The highest BCUT2D eigenvalue weighted by molar-refractivity contribution is 4.82. The standard InChI is InChI=1S/C30H58/c1-3-5-7-9-11-13-15-17-19-21-23-25-27-29-30-28-26-24-22-20-18-16-14-12-10-8-6-4-2/h1H,4-30H2,2H3. The minimum absolute atomic E-state index is 0.972. The highest BCUT2D eigenvalue weighted by atomic mass is 14.0. The van der Waals surface area contributed by atoms with Gasteiger partial charge in [0.2, 0.25) is 0 Å². The van der Waals surface area contributed by atoms with Crippen molar-refractivity contribution in [2.75, 3.05) is 0 Å². The molecule has 0 fully saturated rings. The van der Waals surface area contributed by atoms with E-state index in [1.807, 2.05) is 0 Å². The Kier molecular flexibility index (Phi) is 28.1. The smallest absolute Gasteiger partial charge is 0.00860 e. The molecule has 0 saturated carbocycles. The first-order chi connectivity index (χ1) is 14.9. The van der Waals surface area contributed by atoms with Crippen LogP contribution in [0.3, 0.4) is 0 Å². The van der Waals surface area contributed by atoms with Crippen LogP contribution in [0, 0.1) is 12.3 Å². The Labute approximate surface area is 192 Å². The number of rotatable bonds is 26. The quantitative estimate of drug-likeness (QED) is 0.0967. The summed E-state index contributed by atoms with van der Waals surface area (Å²) in [5.41, 5.74) is 0. The first-order valence-electron chi connectivity index (χ1n) is 14.3. The minimum Gasteiger partial charge on any atom is -0.120 e. The van der Waals surface area contributed by atoms with Crippen LogP contribution in [0.1, 0.15) is 180 Å². The number of terminal acetylenes is 1. The van der Waals surface area contributed by atoms with Gasteiger partial charge in [-0.25, -0.2) is 0 Å². The van der Waals surface area contributed by atoms with E-state index in [9.17, 15) is 0 Å². The molecule has 0 radical (unpaired) electrons. The molecule has 0 aromatic rings. The molecule has 0 aliphatic rings. The summed E-state index contributed by atoms with van der Waals surface area (Å²) in [7, 11) is 0. The zero-order valence-corrected chi connectivity index (χ0v) is 21.2. The Morgan fingerprint density at radius 3 is 0.733 bits per heavy atom. The van der Waals surface area contributed by atoms with Gasteiger partial charge in [0.15, 0.2) is 0 Å². The average Bonchev–Trinajstić information content (AvgIpc) is 2.76. The van der Waals surface area contributed by atoms with E-state index in [1.165, 1.54) is 167 Å². The van der Waals surface area contributed by atoms with Gasteiger partial charge in [-0.1, -0.05) is 167 Å². The van der Waals surface area contributed by atoms with E-state index >= 15 is 0 Å². The third-order valence-electron chi connectivity index (χ3n) is 6.67. The SMILES string of the molecule is C#CCCCCCCCCCCCCCCCCCCCCCCCCCCCC. The molecule has 30 heavy (non-hydrogen) atoms. The van der Waals surface area contributed by atoms with Crippen LogP contribution in [0.2, 0.25) is 0 Å².